The van der Waals surface area contributed by atoms with Gasteiger partial charge in [-0.1, -0.05) is 13.8 Å². The topological polar surface area (TPSA) is 95.7 Å². The molecule has 0 aromatic rings. The largest absolute Gasteiger partial charge is 0.351 e. The molecular formula is C14H26N4O3. The van der Waals surface area contributed by atoms with Gasteiger partial charge in [0.15, 0.2) is 0 Å². The van der Waals surface area contributed by atoms with Crippen molar-refractivity contribution >= 4 is 17.7 Å². The second kappa shape index (κ2) is 7.97. The summed E-state index contributed by atoms with van der Waals surface area (Å²) in [7, 11) is 0. The summed E-state index contributed by atoms with van der Waals surface area (Å²) in [4.78, 5) is 38.4. The molecule has 0 saturated carbocycles. The van der Waals surface area contributed by atoms with Crippen LogP contribution in [0.25, 0.3) is 0 Å². The van der Waals surface area contributed by atoms with E-state index in [1.54, 1.807) is 0 Å². The lowest BCUT2D eigenvalue weighted by Crippen LogP contribution is -2.56. The number of nitrogens with one attached hydrogen (secondary N) is 1. The van der Waals surface area contributed by atoms with Crippen LogP contribution in [0, 0.1) is 5.92 Å². The number of nitrogens with zero attached hydrogens (tertiary/aromatic N) is 2. The summed E-state index contributed by atoms with van der Waals surface area (Å²) in [5.41, 5.74) is 5.63. The number of carbonyl (C=O) groups is 3. The molecule has 1 rings (SSSR count). The van der Waals surface area contributed by atoms with Gasteiger partial charge in [0.1, 0.15) is 6.54 Å². The first-order valence-corrected chi connectivity index (χ1v) is 7.46. The lowest BCUT2D eigenvalue weighted by Gasteiger charge is -2.33. The SMILES string of the molecule is CCN1CCN(CC(=O)NC(CN)CC(C)C)C(=O)C1=O. The van der Waals surface area contributed by atoms with Gasteiger partial charge in [0.05, 0.1) is 0 Å². The van der Waals surface area contributed by atoms with Gasteiger partial charge in [0, 0.05) is 32.2 Å². The summed E-state index contributed by atoms with van der Waals surface area (Å²) >= 11 is 0. The smallest absolute Gasteiger partial charge is 0.312 e. The first-order valence-electron chi connectivity index (χ1n) is 7.46. The van der Waals surface area contributed by atoms with Gasteiger partial charge in [0.2, 0.25) is 5.91 Å². The van der Waals surface area contributed by atoms with E-state index in [0.29, 0.717) is 32.1 Å². The van der Waals surface area contributed by atoms with E-state index >= 15 is 0 Å². The van der Waals surface area contributed by atoms with Crippen LogP contribution in [-0.4, -0.2) is 66.3 Å². The van der Waals surface area contributed by atoms with Gasteiger partial charge < -0.3 is 20.9 Å². The minimum Gasteiger partial charge on any atom is -0.351 e. The average Bonchev–Trinajstić information content (AvgIpc) is 2.43. The van der Waals surface area contributed by atoms with Crippen LogP contribution < -0.4 is 11.1 Å². The zero-order valence-corrected chi connectivity index (χ0v) is 13.1. The molecule has 120 valence electrons. The fourth-order valence-corrected chi connectivity index (χ4v) is 2.40. The van der Waals surface area contributed by atoms with Crippen molar-refractivity contribution in [3.8, 4) is 0 Å². The Morgan fingerprint density at radius 1 is 1.24 bits per heavy atom. The van der Waals surface area contributed by atoms with Crippen LogP contribution in [-0.2, 0) is 14.4 Å². The Labute approximate surface area is 125 Å². The molecule has 1 heterocycles. The highest BCUT2D eigenvalue weighted by atomic mass is 16.2. The van der Waals surface area contributed by atoms with E-state index in [1.165, 1.54) is 9.80 Å². The third-order valence-corrected chi connectivity index (χ3v) is 3.52. The van der Waals surface area contributed by atoms with E-state index in [4.69, 9.17) is 5.73 Å². The molecular weight excluding hydrogens is 272 g/mol. The van der Waals surface area contributed by atoms with Gasteiger partial charge in [-0.2, -0.15) is 0 Å². The summed E-state index contributed by atoms with van der Waals surface area (Å²) in [6.07, 6.45) is 0.790. The Hall–Kier alpha value is -1.63. The highest BCUT2D eigenvalue weighted by Gasteiger charge is 2.32. The van der Waals surface area contributed by atoms with Crippen molar-refractivity contribution in [1.29, 1.82) is 0 Å². The van der Waals surface area contributed by atoms with Crippen LogP contribution in [0.15, 0.2) is 0 Å². The maximum atomic E-state index is 12.0. The van der Waals surface area contributed by atoms with Gasteiger partial charge in [-0.25, -0.2) is 0 Å². The Bertz CT molecular complexity index is 398. The Morgan fingerprint density at radius 2 is 1.81 bits per heavy atom. The molecule has 0 aliphatic carbocycles. The fourth-order valence-electron chi connectivity index (χ4n) is 2.40. The van der Waals surface area contributed by atoms with Gasteiger partial charge >= 0.3 is 11.8 Å². The van der Waals surface area contributed by atoms with Crippen LogP contribution in [0.3, 0.4) is 0 Å². The molecule has 0 bridgehead atoms. The van der Waals surface area contributed by atoms with E-state index < -0.39 is 11.8 Å². The molecule has 21 heavy (non-hydrogen) atoms. The number of hydrogen-bond acceptors (Lipinski definition) is 4. The number of piperazine rings is 1. The summed E-state index contributed by atoms with van der Waals surface area (Å²) in [6.45, 7) is 7.59. The highest BCUT2D eigenvalue weighted by molar-refractivity contribution is 6.35. The summed E-state index contributed by atoms with van der Waals surface area (Å²) < 4.78 is 0. The van der Waals surface area contributed by atoms with Gasteiger partial charge in [-0.15, -0.1) is 0 Å². The Balaban J connectivity index is 2.51. The molecule has 7 heteroatoms. The molecule has 1 fully saturated rings. The van der Waals surface area contributed by atoms with E-state index in [-0.39, 0.29) is 18.5 Å². The molecule has 0 spiro atoms. The molecule has 1 atom stereocenters. The van der Waals surface area contributed by atoms with Crippen molar-refractivity contribution in [1.82, 2.24) is 15.1 Å². The molecule has 0 aromatic carbocycles. The zero-order chi connectivity index (χ0) is 16.0. The monoisotopic (exact) mass is 298 g/mol. The van der Waals surface area contributed by atoms with E-state index in [9.17, 15) is 14.4 Å². The number of nitrogens with two attached hydrogens (primary N) is 1. The van der Waals surface area contributed by atoms with Crippen molar-refractivity contribution in [2.45, 2.75) is 33.2 Å². The number of amides is 3. The molecule has 7 nitrogen and oxygen atoms in total. The number of hydrogen-bond donors (Lipinski definition) is 2. The molecule has 0 radical (unpaired) electrons. The van der Waals surface area contributed by atoms with Crippen LogP contribution in [0.1, 0.15) is 27.2 Å². The number of rotatable bonds is 7. The maximum absolute atomic E-state index is 12.0. The summed E-state index contributed by atoms with van der Waals surface area (Å²) in [5, 5.41) is 2.82. The average molecular weight is 298 g/mol. The van der Waals surface area contributed by atoms with Gasteiger partial charge in [-0.05, 0) is 19.3 Å². The Morgan fingerprint density at radius 3 is 2.33 bits per heavy atom. The lowest BCUT2D eigenvalue weighted by molar-refractivity contribution is -0.156. The summed E-state index contributed by atoms with van der Waals surface area (Å²) in [6, 6.07) is -0.0970. The van der Waals surface area contributed by atoms with Crippen molar-refractivity contribution in [2.75, 3.05) is 32.7 Å². The van der Waals surface area contributed by atoms with Crippen LogP contribution in [0.5, 0.6) is 0 Å². The Kier molecular flexibility index (Phi) is 6.61. The highest BCUT2D eigenvalue weighted by Crippen LogP contribution is 2.06. The maximum Gasteiger partial charge on any atom is 0.312 e. The minimum absolute atomic E-state index is 0.0866. The first-order chi connectivity index (χ1) is 9.88. The molecule has 1 saturated heterocycles. The van der Waals surface area contributed by atoms with Gasteiger partial charge in [-0.3, -0.25) is 14.4 Å². The van der Waals surface area contributed by atoms with E-state index in [0.717, 1.165) is 6.42 Å². The molecule has 0 aromatic heterocycles. The fraction of sp³-hybridized carbons (Fsp3) is 0.786. The minimum atomic E-state index is -0.605. The van der Waals surface area contributed by atoms with Crippen LogP contribution in [0.2, 0.25) is 0 Å². The first kappa shape index (κ1) is 17.4. The second-order valence-electron chi connectivity index (χ2n) is 5.74. The zero-order valence-electron chi connectivity index (χ0n) is 13.1. The molecule has 3 amide bonds. The molecule has 1 aliphatic heterocycles. The normalized spacial score (nSPS) is 17.4. The third-order valence-electron chi connectivity index (χ3n) is 3.52. The molecule has 3 N–H and O–H groups in total. The number of carbonyl (C=O) groups excluding carboxylic acids is 3. The van der Waals surface area contributed by atoms with Crippen LogP contribution in [0.4, 0.5) is 0 Å². The van der Waals surface area contributed by atoms with Crippen molar-refractivity contribution in [3.05, 3.63) is 0 Å². The molecule has 1 unspecified atom stereocenters. The molecule has 1 aliphatic rings. The van der Waals surface area contributed by atoms with Crippen molar-refractivity contribution < 1.29 is 14.4 Å². The van der Waals surface area contributed by atoms with Gasteiger partial charge in [0.25, 0.3) is 0 Å². The predicted molar refractivity (Wildman–Crippen MR) is 79.3 cm³/mol. The summed E-state index contributed by atoms with van der Waals surface area (Å²) in [5.74, 6) is -0.979. The van der Waals surface area contributed by atoms with E-state index in [1.807, 2.05) is 6.92 Å². The van der Waals surface area contributed by atoms with E-state index in [2.05, 4.69) is 19.2 Å². The number of likely N-dealkylation sites (N-methyl/N-ethyl adjacent to an activating group) is 1. The van der Waals surface area contributed by atoms with Crippen molar-refractivity contribution in [3.63, 3.8) is 0 Å². The quantitative estimate of drug-likeness (QED) is 0.599. The lowest BCUT2D eigenvalue weighted by atomic mass is 10.0. The van der Waals surface area contributed by atoms with Crippen molar-refractivity contribution in [2.24, 2.45) is 11.7 Å². The standard InChI is InChI=1S/C14H26N4O3/c1-4-17-5-6-18(14(21)13(17)20)9-12(19)16-11(8-15)7-10(2)3/h10-11H,4-9,15H2,1-3H3,(H,16,19). The second-order valence-corrected chi connectivity index (χ2v) is 5.74. The van der Waals surface area contributed by atoms with Crippen LogP contribution >= 0.6 is 0 Å². The predicted octanol–water partition coefficient (Wildman–Crippen LogP) is -0.833. The third kappa shape index (κ3) is 5.00.